The fourth-order valence-electron chi connectivity index (χ4n) is 4.41. The van der Waals surface area contributed by atoms with E-state index in [2.05, 4.69) is 49.4 Å². The molecule has 2 heteroatoms. The van der Waals surface area contributed by atoms with Crippen LogP contribution in [0.1, 0.15) is 54.0 Å². The Bertz CT molecular complexity index is 1180. The first-order valence-electron chi connectivity index (χ1n) is 12.1. The van der Waals surface area contributed by atoms with E-state index in [-0.39, 0.29) is 5.82 Å². The molecule has 0 aromatic heterocycles. The molecule has 0 aliphatic carbocycles. The highest BCUT2D eigenvalue weighted by atomic mass is 35.5. The van der Waals surface area contributed by atoms with Gasteiger partial charge in [-0.05, 0) is 83.9 Å². The van der Waals surface area contributed by atoms with Gasteiger partial charge in [0.15, 0.2) is 0 Å². The second kappa shape index (κ2) is 11.5. The summed E-state index contributed by atoms with van der Waals surface area (Å²) in [5.41, 5.74) is 5.98. The van der Waals surface area contributed by atoms with Crippen LogP contribution in [0.2, 0.25) is 5.02 Å². The van der Waals surface area contributed by atoms with Crippen molar-refractivity contribution in [2.75, 3.05) is 0 Å². The lowest BCUT2D eigenvalue weighted by Gasteiger charge is -2.09. The van der Waals surface area contributed by atoms with Crippen molar-refractivity contribution in [3.05, 3.63) is 118 Å². The number of aryl methyl sites for hydroxylation is 5. The summed E-state index contributed by atoms with van der Waals surface area (Å²) in [4.78, 5) is 0. The van der Waals surface area contributed by atoms with Crippen molar-refractivity contribution in [3.8, 4) is 0 Å². The van der Waals surface area contributed by atoms with Crippen LogP contribution in [0.4, 0.5) is 4.39 Å². The maximum atomic E-state index is 15.1. The lowest BCUT2D eigenvalue weighted by Crippen LogP contribution is -1.97. The number of rotatable bonds is 10. The zero-order chi connectivity index (χ0) is 23.0. The molecule has 0 nitrogen and oxygen atoms in total. The number of benzene rings is 4. The smallest absolute Gasteiger partial charge is 0.134 e. The number of unbranched alkanes of at least 4 members (excludes halogenated alkanes) is 2. The molecule has 0 amide bonds. The fraction of sp³-hybridized carbons (Fsp3) is 0.290. The Kier molecular flexibility index (Phi) is 8.18. The van der Waals surface area contributed by atoms with Gasteiger partial charge in [-0.2, -0.15) is 0 Å². The van der Waals surface area contributed by atoms with E-state index in [0.29, 0.717) is 11.8 Å². The van der Waals surface area contributed by atoms with Gasteiger partial charge in [-0.1, -0.05) is 98.1 Å². The summed E-state index contributed by atoms with van der Waals surface area (Å²) < 4.78 is 15.1. The van der Waals surface area contributed by atoms with Crippen LogP contribution in [0.5, 0.6) is 0 Å². The van der Waals surface area contributed by atoms with Crippen molar-refractivity contribution in [1.82, 2.24) is 0 Å². The first kappa shape index (κ1) is 23.5. The first-order chi connectivity index (χ1) is 16.1. The van der Waals surface area contributed by atoms with Crippen LogP contribution in [0, 0.1) is 5.82 Å². The van der Waals surface area contributed by atoms with Gasteiger partial charge in [0.1, 0.15) is 5.82 Å². The minimum absolute atomic E-state index is 0.0910. The van der Waals surface area contributed by atoms with E-state index in [9.17, 15) is 0 Å². The second-order valence-corrected chi connectivity index (χ2v) is 9.43. The van der Waals surface area contributed by atoms with Gasteiger partial charge >= 0.3 is 0 Å². The molecule has 33 heavy (non-hydrogen) atoms. The van der Waals surface area contributed by atoms with Crippen LogP contribution in [-0.4, -0.2) is 0 Å². The van der Waals surface area contributed by atoms with E-state index in [1.165, 1.54) is 47.9 Å². The second-order valence-electron chi connectivity index (χ2n) is 8.99. The molecule has 4 rings (SSSR count). The monoisotopic (exact) mass is 458 g/mol. The third-order valence-electron chi connectivity index (χ3n) is 6.49. The van der Waals surface area contributed by atoms with Crippen LogP contribution in [0.3, 0.4) is 0 Å². The maximum absolute atomic E-state index is 15.1. The van der Waals surface area contributed by atoms with Crippen molar-refractivity contribution >= 4 is 22.4 Å². The molecule has 0 atom stereocenters. The highest BCUT2D eigenvalue weighted by molar-refractivity contribution is 6.30. The van der Waals surface area contributed by atoms with Gasteiger partial charge < -0.3 is 0 Å². The Morgan fingerprint density at radius 3 is 1.88 bits per heavy atom. The van der Waals surface area contributed by atoms with Gasteiger partial charge in [0.2, 0.25) is 0 Å². The largest absolute Gasteiger partial charge is 0.206 e. The van der Waals surface area contributed by atoms with Crippen LogP contribution < -0.4 is 0 Å². The predicted octanol–water partition coefficient (Wildman–Crippen LogP) is 8.94. The molecule has 170 valence electrons. The molecule has 0 saturated heterocycles. The summed E-state index contributed by atoms with van der Waals surface area (Å²) >= 11 is 5.96. The SMILES string of the molecule is CCCCCc1ccc(CCc2ccc3c(F)c(CCc4ccc(Cl)cc4)ccc3c2)cc1. The third-order valence-corrected chi connectivity index (χ3v) is 6.74. The normalized spacial score (nSPS) is 11.2. The van der Waals surface area contributed by atoms with Gasteiger partial charge in [-0.15, -0.1) is 0 Å². The molecule has 4 aromatic rings. The van der Waals surface area contributed by atoms with E-state index in [1.54, 1.807) is 0 Å². The number of hydrogen-bond donors (Lipinski definition) is 0. The number of hydrogen-bond acceptors (Lipinski definition) is 0. The summed E-state index contributed by atoms with van der Waals surface area (Å²) in [5, 5.41) is 2.42. The molecule has 0 fully saturated rings. The molecule has 0 unspecified atom stereocenters. The molecule has 0 radical (unpaired) electrons. The quantitative estimate of drug-likeness (QED) is 0.208. The molecule has 0 spiro atoms. The highest BCUT2D eigenvalue weighted by Gasteiger charge is 2.09. The Morgan fingerprint density at radius 2 is 1.18 bits per heavy atom. The summed E-state index contributed by atoms with van der Waals surface area (Å²) in [6, 6.07) is 27.0. The first-order valence-corrected chi connectivity index (χ1v) is 12.5. The summed E-state index contributed by atoms with van der Waals surface area (Å²) in [7, 11) is 0. The fourth-order valence-corrected chi connectivity index (χ4v) is 4.53. The van der Waals surface area contributed by atoms with Crippen molar-refractivity contribution < 1.29 is 4.39 Å². The van der Waals surface area contributed by atoms with Gasteiger partial charge in [-0.25, -0.2) is 4.39 Å². The highest BCUT2D eigenvalue weighted by Crippen LogP contribution is 2.24. The number of halogens is 2. The Morgan fingerprint density at radius 1 is 0.606 bits per heavy atom. The van der Waals surface area contributed by atoms with E-state index in [0.717, 1.165) is 35.2 Å². The van der Waals surface area contributed by atoms with E-state index in [4.69, 9.17) is 11.6 Å². The predicted molar refractivity (Wildman–Crippen MR) is 140 cm³/mol. The maximum Gasteiger partial charge on any atom is 0.134 e. The Balaban J connectivity index is 1.37. The molecular formula is C31H32ClF. The molecular weight excluding hydrogens is 427 g/mol. The summed E-state index contributed by atoms with van der Waals surface area (Å²) in [6.45, 7) is 2.24. The summed E-state index contributed by atoms with van der Waals surface area (Å²) in [6.07, 6.45) is 8.45. The lowest BCUT2D eigenvalue weighted by atomic mass is 9.97. The van der Waals surface area contributed by atoms with Crippen molar-refractivity contribution in [2.45, 2.75) is 58.3 Å². The van der Waals surface area contributed by atoms with Gasteiger partial charge in [-0.3, -0.25) is 0 Å². The van der Waals surface area contributed by atoms with Gasteiger partial charge in [0.25, 0.3) is 0 Å². The molecule has 0 bridgehead atoms. The van der Waals surface area contributed by atoms with Crippen LogP contribution in [0.15, 0.2) is 78.9 Å². The van der Waals surface area contributed by atoms with E-state index >= 15 is 4.39 Å². The van der Waals surface area contributed by atoms with Gasteiger partial charge in [0, 0.05) is 10.4 Å². The standard InChI is InChI=1S/C31H32ClF/c1-2-3-4-5-23-6-8-24(9-7-23)10-11-26-15-21-30-28(22-26)18-17-27(31(30)33)16-12-25-13-19-29(32)20-14-25/h6-9,13-15,17-22H,2-5,10-12,16H2,1H3. The lowest BCUT2D eigenvalue weighted by molar-refractivity contribution is 0.620. The van der Waals surface area contributed by atoms with E-state index < -0.39 is 0 Å². The zero-order valence-corrected chi connectivity index (χ0v) is 20.2. The third kappa shape index (κ3) is 6.45. The van der Waals surface area contributed by atoms with Crippen LogP contribution >= 0.6 is 11.6 Å². The number of fused-ring (bicyclic) bond motifs is 1. The van der Waals surface area contributed by atoms with Crippen LogP contribution in [-0.2, 0) is 32.1 Å². The molecule has 0 aliphatic rings. The Labute approximate surface area is 202 Å². The molecule has 0 aliphatic heterocycles. The van der Waals surface area contributed by atoms with Gasteiger partial charge in [0.05, 0.1) is 0 Å². The van der Waals surface area contributed by atoms with Crippen molar-refractivity contribution in [3.63, 3.8) is 0 Å². The Hall–Kier alpha value is -2.64. The molecule has 4 aromatic carbocycles. The zero-order valence-electron chi connectivity index (χ0n) is 19.4. The van der Waals surface area contributed by atoms with Crippen LogP contribution in [0.25, 0.3) is 10.8 Å². The summed E-state index contributed by atoms with van der Waals surface area (Å²) in [5.74, 6) is -0.0910. The van der Waals surface area contributed by atoms with Crippen molar-refractivity contribution in [2.24, 2.45) is 0 Å². The average molecular weight is 459 g/mol. The molecule has 0 heterocycles. The van der Waals surface area contributed by atoms with E-state index in [1.807, 2.05) is 36.4 Å². The minimum Gasteiger partial charge on any atom is -0.206 e. The minimum atomic E-state index is -0.0910. The average Bonchev–Trinajstić information content (AvgIpc) is 2.84. The molecule has 0 saturated carbocycles. The molecule has 0 N–H and O–H groups in total. The topological polar surface area (TPSA) is 0 Å². The van der Waals surface area contributed by atoms with Crippen molar-refractivity contribution in [1.29, 1.82) is 0 Å².